The maximum Gasteiger partial charge on any atom is 0.122 e. The molecule has 1 heterocycles. The van der Waals surface area contributed by atoms with Crippen molar-refractivity contribution >= 4 is 0 Å². The Labute approximate surface area is 122 Å². The molecule has 4 nitrogen and oxygen atoms in total. The van der Waals surface area contributed by atoms with Gasteiger partial charge in [-0.05, 0) is 38.1 Å². The Hall–Kier alpha value is -1.10. The largest absolute Gasteiger partial charge is 0.491 e. The molecule has 1 aromatic carbocycles. The molecule has 4 heteroatoms. The number of likely N-dealkylation sites (N-methyl/N-ethyl adjacent to an activating group) is 1. The minimum absolute atomic E-state index is 0.358. The molecule has 1 N–H and O–H groups in total. The first-order valence-electron chi connectivity index (χ1n) is 7.33. The Morgan fingerprint density at radius 1 is 1.20 bits per heavy atom. The van der Waals surface area contributed by atoms with Crippen molar-refractivity contribution in [3.8, 4) is 5.75 Å². The fourth-order valence-corrected chi connectivity index (χ4v) is 2.43. The van der Waals surface area contributed by atoms with Crippen molar-refractivity contribution in [3.05, 3.63) is 29.3 Å². The summed E-state index contributed by atoms with van der Waals surface area (Å²) in [6, 6.07) is 6.15. The van der Waals surface area contributed by atoms with E-state index in [1.54, 1.807) is 0 Å². The summed E-state index contributed by atoms with van der Waals surface area (Å²) >= 11 is 0. The van der Waals surface area contributed by atoms with Crippen molar-refractivity contribution in [2.45, 2.75) is 20.0 Å². The van der Waals surface area contributed by atoms with Crippen LogP contribution in [0.25, 0.3) is 0 Å². The minimum atomic E-state index is -0.432. The van der Waals surface area contributed by atoms with Gasteiger partial charge in [-0.25, -0.2) is 0 Å². The van der Waals surface area contributed by atoms with Crippen LogP contribution in [0.5, 0.6) is 5.75 Å². The number of β-amino-alcohol motifs (C(OH)–C–C–N with tert-alkyl or cyclic N) is 1. The number of hydrogen-bond donors (Lipinski definition) is 1. The van der Waals surface area contributed by atoms with Crippen LogP contribution in [0.2, 0.25) is 0 Å². The van der Waals surface area contributed by atoms with Crippen LogP contribution in [0, 0.1) is 13.8 Å². The minimum Gasteiger partial charge on any atom is -0.491 e. The fourth-order valence-electron chi connectivity index (χ4n) is 2.43. The average Bonchev–Trinajstić information content (AvgIpc) is 2.42. The van der Waals surface area contributed by atoms with E-state index in [2.05, 4.69) is 29.0 Å². The molecule has 112 valence electrons. The topological polar surface area (TPSA) is 35.9 Å². The molecule has 1 saturated heterocycles. The Kier molecular flexibility index (Phi) is 5.40. The Balaban J connectivity index is 1.77. The number of aryl methyl sites for hydroxylation is 2. The molecule has 2 rings (SSSR count). The summed E-state index contributed by atoms with van der Waals surface area (Å²) in [6.45, 7) is 9.33. The number of aliphatic hydroxyl groups is 1. The summed E-state index contributed by atoms with van der Waals surface area (Å²) < 4.78 is 5.75. The number of nitrogens with zero attached hydrogens (tertiary/aromatic N) is 2. The normalized spacial score (nSPS) is 19.0. The van der Waals surface area contributed by atoms with Gasteiger partial charge in [-0.2, -0.15) is 0 Å². The molecule has 0 saturated carbocycles. The predicted molar refractivity (Wildman–Crippen MR) is 81.4 cm³/mol. The second-order valence-corrected chi connectivity index (χ2v) is 5.84. The van der Waals surface area contributed by atoms with Crippen molar-refractivity contribution in [1.82, 2.24) is 9.80 Å². The zero-order valence-electron chi connectivity index (χ0n) is 12.8. The predicted octanol–water partition coefficient (Wildman–Crippen LogP) is 1.29. The van der Waals surface area contributed by atoms with E-state index in [1.807, 2.05) is 19.9 Å². The van der Waals surface area contributed by atoms with E-state index in [9.17, 15) is 5.11 Å². The van der Waals surface area contributed by atoms with E-state index in [0.29, 0.717) is 13.2 Å². The smallest absolute Gasteiger partial charge is 0.122 e. The summed E-state index contributed by atoms with van der Waals surface area (Å²) in [5.41, 5.74) is 2.29. The van der Waals surface area contributed by atoms with Crippen molar-refractivity contribution in [2.24, 2.45) is 0 Å². The maximum absolute atomic E-state index is 10.1. The van der Waals surface area contributed by atoms with Gasteiger partial charge in [0.25, 0.3) is 0 Å². The van der Waals surface area contributed by atoms with Crippen molar-refractivity contribution < 1.29 is 9.84 Å². The number of hydrogen-bond acceptors (Lipinski definition) is 4. The molecule has 1 aromatic rings. The highest BCUT2D eigenvalue weighted by Gasteiger charge is 2.17. The lowest BCUT2D eigenvalue weighted by molar-refractivity contribution is 0.0503. The highest BCUT2D eigenvalue weighted by Crippen LogP contribution is 2.19. The molecular weight excluding hydrogens is 252 g/mol. The number of ether oxygens (including phenoxy) is 1. The molecule has 0 unspecified atom stereocenters. The highest BCUT2D eigenvalue weighted by atomic mass is 16.5. The number of aliphatic hydroxyl groups excluding tert-OH is 1. The van der Waals surface area contributed by atoms with Gasteiger partial charge < -0.3 is 14.7 Å². The first-order chi connectivity index (χ1) is 9.54. The third-order valence-electron chi connectivity index (χ3n) is 3.84. The molecule has 0 spiro atoms. The van der Waals surface area contributed by atoms with Gasteiger partial charge in [-0.1, -0.05) is 12.1 Å². The summed E-state index contributed by atoms with van der Waals surface area (Å²) in [7, 11) is 2.14. The van der Waals surface area contributed by atoms with Crippen LogP contribution < -0.4 is 4.74 Å². The van der Waals surface area contributed by atoms with Crippen LogP contribution in [0.1, 0.15) is 11.1 Å². The lowest BCUT2D eigenvalue weighted by Gasteiger charge is -2.33. The van der Waals surface area contributed by atoms with Crippen LogP contribution in [0.4, 0.5) is 0 Å². The Morgan fingerprint density at radius 2 is 1.90 bits per heavy atom. The highest BCUT2D eigenvalue weighted by molar-refractivity contribution is 5.35. The second-order valence-electron chi connectivity index (χ2n) is 5.84. The van der Waals surface area contributed by atoms with E-state index in [4.69, 9.17) is 4.74 Å². The van der Waals surface area contributed by atoms with E-state index < -0.39 is 6.10 Å². The van der Waals surface area contributed by atoms with E-state index in [0.717, 1.165) is 37.5 Å². The average molecular weight is 278 g/mol. The van der Waals surface area contributed by atoms with Gasteiger partial charge in [0, 0.05) is 32.7 Å². The van der Waals surface area contributed by atoms with Crippen LogP contribution in [0.3, 0.4) is 0 Å². The van der Waals surface area contributed by atoms with Crippen LogP contribution in [-0.2, 0) is 0 Å². The molecule has 0 amide bonds. The van der Waals surface area contributed by atoms with Gasteiger partial charge >= 0.3 is 0 Å². The van der Waals surface area contributed by atoms with Gasteiger partial charge in [-0.15, -0.1) is 0 Å². The van der Waals surface area contributed by atoms with Gasteiger partial charge in [0.1, 0.15) is 18.5 Å². The third-order valence-corrected chi connectivity index (χ3v) is 3.84. The molecule has 1 atom stereocenters. The SMILES string of the molecule is Cc1ccc(C)c(OC[C@@H](O)CN2CCN(C)CC2)c1. The van der Waals surface area contributed by atoms with Gasteiger partial charge in [0.05, 0.1) is 0 Å². The Bertz CT molecular complexity index is 428. The van der Waals surface area contributed by atoms with Gasteiger partial charge in [-0.3, -0.25) is 4.90 Å². The number of rotatable bonds is 5. The summed E-state index contributed by atoms with van der Waals surface area (Å²) in [4.78, 5) is 4.62. The molecule has 0 radical (unpaired) electrons. The molecule has 1 aliphatic rings. The number of benzene rings is 1. The monoisotopic (exact) mass is 278 g/mol. The molecule has 0 aromatic heterocycles. The van der Waals surface area contributed by atoms with Crippen LogP contribution in [-0.4, -0.2) is 67.4 Å². The van der Waals surface area contributed by atoms with Crippen molar-refractivity contribution in [3.63, 3.8) is 0 Å². The third kappa shape index (κ3) is 4.47. The zero-order chi connectivity index (χ0) is 14.5. The van der Waals surface area contributed by atoms with Gasteiger partial charge in [0.15, 0.2) is 0 Å². The quantitative estimate of drug-likeness (QED) is 0.880. The summed E-state index contributed by atoms with van der Waals surface area (Å²) in [5.74, 6) is 0.877. The Morgan fingerprint density at radius 3 is 2.60 bits per heavy atom. The lowest BCUT2D eigenvalue weighted by atomic mass is 10.1. The molecule has 1 fully saturated rings. The second kappa shape index (κ2) is 7.07. The molecular formula is C16H26N2O2. The van der Waals surface area contributed by atoms with E-state index >= 15 is 0 Å². The summed E-state index contributed by atoms with van der Waals surface area (Å²) in [5, 5.41) is 10.1. The first-order valence-corrected chi connectivity index (χ1v) is 7.33. The molecule has 0 bridgehead atoms. The summed E-state index contributed by atoms with van der Waals surface area (Å²) in [6.07, 6.45) is -0.432. The van der Waals surface area contributed by atoms with Gasteiger partial charge in [0.2, 0.25) is 0 Å². The zero-order valence-corrected chi connectivity index (χ0v) is 12.8. The number of piperazine rings is 1. The van der Waals surface area contributed by atoms with Crippen molar-refractivity contribution in [2.75, 3.05) is 46.4 Å². The molecule has 0 aliphatic carbocycles. The maximum atomic E-state index is 10.1. The van der Waals surface area contributed by atoms with Crippen molar-refractivity contribution in [1.29, 1.82) is 0 Å². The van der Waals surface area contributed by atoms with Crippen LogP contribution >= 0.6 is 0 Å². The molecule has 1 aliphatic heterocycles. The van der Waals surface area contributed by atoms with E-state index in [-0.39, 0.29) is 0 Å². The van der Waals surface area contributed by atoms with E-state index in [1.165, 1.54) is 5.56 Å². The first kappa shape index (κ1) is 15.3. The van der Waals surface area contributed by atoms with Crippen LogP contribution in [0.15, 0.2) is 18.2 Å². The lowest BCUT2D eigenvalue weighted by Crippen LogP contribution is -2.47. The molecule has 20 heavy (non-hydrogen) atoms. The standard InChI is InChI=1S/C16H26N2O2/c1-13-4-5-14(2)16(10-13)20-12-15(19)11-18-8-6-17(3)7-9-18/h4-5,10,15,19H,6-9,11-12H2,1-3H3/t15-/m0/s1. The fraction of sp³-hybridized carbons (Fsp3) is 0.625.